The second-order valence-electron chi connectivity index (χ2n) is 5.07. The molecule has 0 fully saturated rings. The van der Waals surface area contributed by atoms with E-state index < -0.39 is 11.6 Å². The molecule has 0 aliphatic heterocycles. The average molecular weight is 269 g/mol. The van der Waals surface area contributed by atoms with Gasteiger partial charge in [0.25, 0.3) is 0 Å². The van der Waals surface area contributed by atoms with Crippen molar-refractivity contribution in [2.24, 2.45) is 5.92 Å². The molecule has 0 saturated heterocycles. The lowest BCUT2D eigenvalue weighted by Crippen LogP contribution is -2.25. The zero-order valence-electron chi connectivity index (χ0n) is 12.2. The standard InChI is InChI=1S/C16H25F2N/c1-4-10-19-15(11-12(5-2)6-3)13-8-7-9-14(17)16(13)18/h7-9,12,15,19H,4-6,10-11H2,1-3H3. The van der Waals surface area contributed by atoms with Crippen LogP contribution in [0, 0.1) is 17.6 Å². The van der Waals surface area contributed by atoms with Gasteiger partial charge in [-0.15, -0.1) is 0 Å². The summed E-state index contributed by atoms with van der Waals surface area (Å²) in [5.74, 6) is -0.926. The van der Waals surface area contributed by atoms with Gasteiger partial charge in [-0.1, -0.05) is 45.7 Å². The Kier molecular flexibility index (Phi) is 7.00. The minimum absolute atomic E-state index is 0.0967. The van der Waals surface area contributed by atoms with Crippen molar-refractivity contribution in [2.75, 3.05) is 6.54 Å². The molecule has 0 heterocycles. The van der Waals surface area contributed by atoms with Crippen LogP contribution in [0.1, 0.15) is 58.1 Å². The minimum Gasteiger partial charge on any atom is -0.310 e. The van der Waals surface area contributed by atoms with Gasteiger partial charge in [0.2, 0.25) is 0 Å². The predicted molar refractivity (Wildman–Crippen MR) is 76.1 cm³/mol. The molecule has 19 heavy (non-hydrogen) atoms. The maximum absolute atomic E-state index is 13.9. The fraction of sp³-hybridized carbons (Fsp3) is 0.625. The molecule has 0 saturated carbocycles. The van der Waals surface area contributed by atoms with Gasteiger partial charge in [-0.3, -0.25) is 0 Å². The van der Waals surface area contributed by atoms with Crippen molar-refractivity contribution in [3.63, 3.8) is 0 Å². The van der Waals surface area contributed by atoms with Crippen molar-refractivity contribution in [3.8, 4) is 0 Å². The lowest BCUT2D eigenvalue weighted by molar-refractivity contribution is 0.359. The van der Waals surface area contributed by atoms with E-state index in [2.05, 4.69) is 26.1 Å². The summed E-state index contributed by atoms with van der Waals surface area (Å²) < 4.78 is 27.3. The zero-order valence-corrected chi connectivity index (χ0v) is 12.2. The van der Waals surface area contributed by atoms with Crippen LogP contribution in [0.4, 0.5) is 8.78 Å². The second-order valence-corrected chi connectivity index (χ2v) is 5.07. The summed E-state index contributed by atoms with van der Waals surface area (Å²) in [6.45, 7) is 7.18. The van der Waals surface area contributed by atoms with Crippen LogP contribution in [0.2, 0.25) is 0 Å². The topological polar surface area (TPSA) is 12.0 Å². The summed E-state index contributed by atoms with van der Waals surface area (Å²) in [6.07, 6.45) is 3.97. The Morgan fingerprint density at radius 3 is 2.37 bits per heavy atom. The van der Waals surface area contributed by atoms with Gasteiger partial charge in [0, 0.05) is 11.6 Å². The van der Waals surface area contributed by atoms with Crippen LogP contribution in [0.25, 0.3) is 0 Å². The van der Waals surface area contributed by atoms with Gasteiger partial charge in [0.1, 0.15) is 0 Å². The van der Waals surface area contributed by atoms with Crippen molar-refractivity contribution >= 4 is 0 Å². The Morgan fingerprint density at radius 2 is 1.79 bits per heavy atom. The maximum atomic E-state index is 13.9. The van der Waals surface area contributed by atoms with Gasteiger partial charge in [0.15, 0.2) is 11.6 Å². The molecule has 1 atom stereocenters. The van der Waals surface area contributed by atoms with Crippen LogP contribution < -0.4 is 5.32 Å². The molecule has 0 aliphatic rings. The van der Waals surface area contributed by atoms with Crippen LogP contribution in [-0.4, -0.2) is 6.54 Å². The van der Waals surface area contributed by atoms with Crippen LogP contribution in [0.5, 0.6) is 0 Å². The average Bonchev–Trinajstić information content (AvgIpc) is 2.43. The predicted octanol–water partition coefficient (Wildman–Crippen LogP) is 4.83. The third kappa shape index (κ3) is 4.57. The van der Waals surface area contributed by atoms with Crippen LogP contribution in [0.3, 0.4) is 0 Å². The number of rotatable bonds is 8. The van der Waals surface area contributed by atoms with Gasteiger partial charge >= 0.3 is 0 Å². The van der Waals surface area contributed by atoms with Gasteiger partial charge < -0.3 is 5.32 Å². The van der Waals surface area contributed by atoms with E-state index in [-0.39, 0.29) is 6.04 Å². The van der Waals surface area contributed by atoms with Gasteiger partial charge in [0.05, 0.1) is 0 Å². The van der Waals surface area contributed by atoms with Gasteiger partial charge in [-0.2, -0.15) is 0 Å². The molecule has 0 radical (unpaired) electrons. The zero-order chi connectivity index (χ0) is 14.3. The molecule has 0 bridgehead atoms. The van der Waals surface area contributed by atoms with E-state index in [1.54, 1.807) is 12.1 Å². The molecule has 0 spiro atoms. The summed E-state index contributed by atoms with van der Waals surface area (Å²) in [4.78, 5) is 0. The molecule has 1 nitrogen and oxygen atoms in total. The van der Waals surface area contributed by atoms with Crippen molar-refractivity contribution in [3.05, 3.63) is 35.4 Å². The summed E-state index contributed by atoms with van der Waals surface area (Å²) in [5, 5.41) is 3.35. The van der Waals surface area contributed by atoms with Crippen molar-refractivity contribution < 1.29 is 8.78 Å². The molecule has 1 aromatic rings. The number of hydrogen-bond acceptors (Lipinski definition) is 1. The van der Waals surface area contributed by atoms with E-state index in [9.17, 15) is 8.78 Å². The van der Waals surface area contributed by atoms with E-state index in [0.29, 0.717) is 11.5 Å². The Labute approximate surface area is 115 Å². The lowest BCUT2D eigenvalue weighted by Gasteiger charge is -2.24. The first-order chi connectivity index (χ1) is 9.13. The molecular weight excluding hydrogens is 244 g/mol. The van der Waals surface area contributed by atoms with Crippen LogP contribution >= 0.6 is 0 Å². The Morgan fingerprint density at radius 1 is 1.11 bits per heavy atom. The third-order valence-electron chi connectivity index (χ3n) is 3.72. The smallest absolute Gasteiger partial charge is 0.163 e. The van der Waals surface area contributed by atoms with E-state index in [4.69, 9.17) is 0 Å². The first-order valence-electron chi connectivity index (χ1n) is 7.31. The first kappa shape index (κ1) is 16.1. The monoisotopic (exact) mass is 269 g/mol. The summed E-state index contributed by atoms with van der Waals surface area (Å²) in [6, 6.07) is 4.35. The van der Waals surface area contributed by atoms with E-state index in [1.807, 2.05) is 0 Å². The molecule has 0 aliphatic carbocycles. The molecule has 0 amide bonds. The highest BCUT2D eigenvalue weighted by molar-refractivity contribution is 5.22. The highest BCUT2D eigenvalue weighted by atomic mass is 19.2. The van der Waals surface area contributed by atoms with Crippen LogP contribution in [0.15, 0.2) is 18.2 Å². The van der Waals surface area contributed by atoms with E-state index in [0.717, 1.165) is 32.2 Å². The third-order valence-corrected chi connectivity index (χ3v) is 3.72. The Balaban J connectivity index is 2.91. The number of hydrogen-bond donors (Lipinski definition) is 1. The lowest BCUT2D eigenvalue weighted by atomic mass is 9.90. The normalized spacial score (nSPS) is 12.9. The highest BCUT2D eigenvalue weighted by Crippen LogP contribution is 2.27. The summed E-state index contributed by atoms with van der Waals surface area (Å²) >= 11 is 0. The fourth-order valence-corrected chi connectivity index (χ4v) is 2.38. The first-order valence-corrected chi connectivity index (χ1v) is 7.31. The quantitative estimate of drug-likeness (QED) is 0.712. The SMILES string of the molecule is CCCNC(CC(CC)CC)c1cccc(F)c1F. The van der Waals surface area contributed by atoms with Gasteiger partial charge in [-0.05, 0) is 31.4 Å². The number of nitrogens with one attached hydrogen (secondary N) is 1. The summed E-state index contributed by atoms with van der Waals surface area (Å²) in [5.41, 5.74) is 0.459. The molecule has 1 rings (SSSR count). The number of benzene rings is 1. The Hall–Kier alpha value is -0.960. The molecule has 1 unspecified atom stereocenters. The maximum Gasteiger partial charge on any atom is 0.163 e. The molecule has 1 N–H and O–H groups in total. The molecule has 0 aromatic heterocycles. The van der Waals surface area contributed by atoms with Crippen molar-refractivity contribution in [1.29, 1.82) is 0 Å². The fourth-order valence-electron chi connectivity index (χ4n) is 2.38. The largest absolute Gasteiger partial charge is 0.310 e. The molecule has 3 heteroatoms. The Bertz CT molecular complexity index is 375. The highest BCUT2D eigenvalue weighted by Gasteiger charge is 2.20. The number of halogens is 2. The molecule has 1 aromatic carbocycles. The van der Waals surface area contributed by atoms with Gasteiger partial charge in [-0.25, -0.2) is 8.78 Å². The van der Waals surface area contributed by atoms with Crippen LogP contribution in [-0.2, 0) is 0 Å². The minimum atomic E-state index is -0.759. The molecular formula is C16H25F2N. The van der Waals surface area contributed by atoms with Crippen molar-refractivity contribution in [2.45, 2.75) is 52.5 Å². The van der Waals surface area contributed by atoms with E-state index in [1.165, 1.54) is 6.07 Å². The van der Waals surface area contributed by atoms with E-state index >= 15 is 0 Å². The van der Waals surface area contributed by atoms with Crippen molar-refractivity contribution in [1.82, 2.24) is 5.32 Å². The molecule has 108 valence electrons. The second kappa shape index (κ2) is 8.26. The summed E-state index contributed by atoms with van der Waals surface area (Å²) in [7, 11) is 0.